The van der Waals surface area contributed by atoms with Crippen LogP contribution in [0, 0.1) is 0 Å². The van der Waals surface area contributed by atoms with E-state index in [0.29, 0.717) is 17.8 Å². The van der Waals surface area contributed by atoms with Gasteiger partial charge >= 0.3 is 0 Å². The lowest BCUT2D eigenvalue weighted by Crippen LogP contribution is -2.48. The van der Waals surface area contributed by atoms with Crippen molar-refractivity contribution in [1.82, 2.24) is 16.0 Å². The van der Waals surface area contributed by atoms with Gasteiger partial charge in [-0.15, -0.1) is 23.7 Å². The molecule has 1 aromatic heterocycles. The van der Waals surface area contributed by atoms with Crippen LogP contribution in [0.15, 0.2) is 59.5 Å². The highest BCUT2D eigenvalue weighted by atomic mass is 35.5. The SMILES string of the molecule is Cl.O=C(NC(Cc1ccccc1)C(=O)NCC1=CCNCC1)c1cccs1. The number of hydrogen-bond acceptors (Lipinski definition) is 4. The number of amides is 2. The van der Waals surface area contributed by atoms with Crippen LogP contribution in [-0.4, -0.2) is 37.5 Å². The van der Waals surface area contributed by atoms with Gasteiger partial charge in [-0.3, -0.25) is 9.59 Å². The van der Waals surface area contributed by atoms with Crippen molar-refractivity contribution in [2.75, 3.05) is 19.6 Å². The largest absolute Gasteiger partial charge is 0.351 e. The first-order chi connectivity index (χ1) is 12.7. The Morgan fingerprint density at radius 1 is 1.15 bits per heavy atom. The van der Waals surface area contributed by atoms with E-state index in [1.165, 1.54) is 16.9 Å². The third-order valence-electron chi connectivity index (χ3n) is 4.30. The highest BCUT2D eigenvalue weighted by Crippen LogP contribution is 2.10. The molecule has 0 fully saturated rings. The van der Waals surface area contributed by atoms with Gasteiger partial charge in [-0.05, 0) is 30.0 Å². The molecule has 5 nitrogen and oxygen atoms in total. The van der Waals surface area contributed by atoms with Gasteiger partial charge in [0.2, 0.25) is 5.91 Å². The van der Waals surface area contributed by atoms with Crippen molar-refractivity contribution in [1.29, 1.82) is 0 Å². The quantitative estimate of drug-likeness (QED) is 0.620. The zero-order valence-corrected chi connectivity index (χ0v) is 16.6. The van der Waals surface area contributed by atoms with Gasteiger partial charge in [-0.2, -0.15) is 0 Å². The van der Waals surface area contributed by atoms with E-state index in [1.807, 2.05) is 41.8 Å². The molecule has 144 valence electrons. The van der Waals surface area contributed by atoms with Crippen LogP contribution in [0.4, 0.5) is 0 Å². The standard InChI is InChI=1S/C20H23N3O2S.ClH/c24-19(22-14-16-8-10-21-11-9-16)17(13-15-5-2-1-3-6-15)23-20(25)18-7-4-12-26-18;/h1-8,12,17,21H,9-11,13-14H2,(H,22,24)(H,23,25);1H. The van der Waals surface area contributed by atoms with Crippen molar-refractivity contribution in [3.8, 4) is 0 Å². The van der Waals surface area contributed by atoms with Crippen molar-refractivity contribution in [3.05, 3.63) is 69.9 Å². The van der Waals surface area contributed by atoms with Crippen LogP contribution in [0.2, 0.25) is 0 Å². The predicted octanol–water partition coefficient (Wildman–Crippen LogP) is 2.55. The molecule has 0 radical (unpaired) electrons. The van der Waals surface area contributed by atoms with Crippen LogP contribution in [0.5, 0.6) is 0 Å². The lowest BCUT2D eigenvalue weighted by molar-refractivity contribution is -0.122. The maximum absolute atomic E-state index is 12.7. The fraction of sp³-hybridized carbons (Fsp3) is 0.300. The van der Waals surface area contributed by atoms with Crippen LogP contribution in [0.1, 0.15) is 21.7 Å². The Labute approximate surface area is 169 Å². The number of halogens is 1. The van der Waals surface area contributed by atoms with E-state index >= 15 is 0 Å². The van der Waals surface area contributed by atoms with E-state index in [4.69, 9.17) is 0 Å². The first-order valence-corrected chi connectivity index (χ1v) is 9.65. The van der Waals surface area contributed by atoms with Crippen LogP contribution in [-0.2, 0) is 11.2 Å². The molecule has 1 atom stereocenters. The molecular weight excluding hydrogens is 382 g/mol. The minimum absolute atomic E-state index is 0. The highest BCUT2D eigenvalue weighted by Gasteiger charge is 2.22. The lowest BCUT2D eigenvalue weighted by atomic mass is 10.0. The molecular formula is C20H24ClN3O2S. The van der Waals surface area contributed by atoms with E-state index in [1.54, 1.807) is 6.07 Å². The topological polar surface area (TPSA) is 70.2 Å². The molecule has 1 aromatic carbocycles. The van der Waals surface area contributed by atoms with Gasteiger partial charge in [-0.25, -0.2) is 0 Å². The number of hydrogen-bond donors (Lipinski definition) is 3. The van der Waals surface area contributed by atoms with Gasteiger partial charge < -0.3 is 16.0 Å². The van der Waals surface area contributed by atoms with Gasteiger partial charge in [0.25, 0.3) is 5.91 Å². The first-order valence-electron chi connectivity index (χ1n) is 8.77. The number of carbonyl (C=O) groups excluding carboxylic acids is 2. The summed E-state index contributed by atoms with van der Waals surface area (Å²) in [6, 6.07) is 12.7. The van der Waals surface area contributed by atoms with E-state index in [2.05, 4.69) is 22.0 Å². The summed E-state index contributed by atoms with van der Waals surface area (Å²) in [4.78, 5) is 25.8. The molecule has 0 saturated heterocycles. The van der Waals surface area contributed by atoms with Crippen molar-refractivity contribution in [2.24, 2.45) is 0 Å². The third-order valence-corrected chi connectivity index (χ3v) is 5.17. The molecule has 0 bridgehead atoms. The monoisotopic (exact) mass is 405 g/mol. The molecule has 0 spiro atoms. The minimum Gasteiger partial charge on any atom is -0.351 e. The molecule has 3 rings (SSSR count). The molecule has 1 unspecified atom stereocenters. The molecule has 27 heavy (non-hydrogen) atoms. The molecule has 0 saturated carbocycles. The van der Waals surface area contributed by atoms with Crippen molar-refractivity contribution >= 4 is 35.6 Å². The maximum Gasteiger partial charge on any atom is 0.262 e. The van der Waals surface area contributed by atoms with E-state index in [0.717, 1.165) is 25.1 Å². The smallest absolute Gasteiger partial charge is 0.262 e. The van der Waals surface area contributed by atoms with Crippen molar-refractivity contribution in [2.45, 2.75) is 18.9 Å². The second-order valence-electron chi connectivity index (χ2n) is 6.23. The molecule has 0 aliphatic carbocycles. The van der Waals surface area contributed by atoms with E-state index < -0.39 is 6.04 Å². The fourth-order valence-electron chi connectivity index (χ4n) is 2.85. The average molecular weight is 406 g/mol. The van der Waals surface area contributed by atoms with E-state index in [-0.39, 0.29) is 24.2 Å². The number of nitrogens with one attached hydrogen (secondary N) is 3. The van der Waals surface area contributed by atoms with Gasteiger partial charge in [0.1, 0.15) is 6.04 Å². The molecule has 2 aromatic rings. The van der Waals surface area contributed by atoms with Crippen LogP contribution in [0.25, 0.3) is 0 Å². The molecule has 7 heteroatoms. The maximum atomic E-state index is 12.7. The molecule has 2 heterocycles. The van der Waals surface area contributed by atoms with Crippen LogP contribution < -0.4 is 16.0 Å². The number of benzene rings is 1. The summed E-state index contributed by atoms with van der Waals surface area (Å²) in [5.41, 5.74) is 2.24. The fourth-order valence-corrected chi connectivity index (χ4v) is 3.48. The number of thiophene rings is 1. The highest BCUT2D eigenvalue weighted by molar-refractivity contribution is 7.12. The Bertz CT molecular complexity index is 763. The molecule has 3 N–H and O–H groups in total. The summed E-state index contributed by atoms with van der Waals surface area (Å²) < 4.78 is 0. The van der Waals surface area contributed by atoms with Crippen LogP contribution in [0.3, 0.4) is 0 Å². The Morgan fingerprint density at radius 3 is 2.63 bits per heavy atom. The zero-order valence-electron chi connectivity index (χ0n) is 14.9. The summed E-state index contributed by atoms with van der Waals surface area (Å²) >= 11 is 1.37. The normalized spacial score (nSPS) is 14.4. The summed E-state index contributed by atoms with van der Waals surface area (Å²) in [7, 11) is 0. The molecule has 2 amide bonds. The first kappa shape index (κ1) is 21.2. The van der Waals surface area contributed by atoms with Crippen LogP contribution >= 0.6 is 23.7 Å². The third kappa shape index (κ3) is 6.50. The Hall–Kier alpha value is -2.15. The van der Waals surface area contributed by atoms with Gasteiger partial charge in [0, 0.05) is 19.5 Å². The summed E-state index contributed by atoms with van der Waals surface area (Å²) in [6.07, 6.45) is 3.51. The molecule has 1 aliphatic rings. The van der Waals surface area contributed by atoms with Gasteiger partial charge in [0.05, 0.1) is 4.88 Å². The molecule has 1 aliphatic heterocycles. The van der Waals surface area contributed by atoms with Gasteiger partial charge in [-0.1, -0.05) is 48.0 Å². The lowest BCUT2D eigenvalue weighted by Gasteiger charge is -2.20. The Morgan fingerprint density at radius 2 is 1.96 bits per heavy atom. The van der Waals surface area contributed by atoms with Crippen molar-refractivity contribution in [3.63, 3.8) is 0 Å². The summed E-state index contributed by atoms with van der Waals surface area (Å²) in [5.74, 6) is -0.365. The predicted molar refractivity (Wildman–Crippen MR) is 112 cm³/mol. The summed E-state index contributed by atoms with van der Waals surface area (Å²) in [6.45, 7) is 2.30. The van der Waals surface area contributed by atoms with E-state index in [9.17, 15) is 9.59 Å². The number of carbonyl (C=O) groups is 2. The van der Waals surface area contributed by atoms with Crippen molar-refractivity contribution < 1.29 is 9.59 Å². The Kier molecular flexibility index (Phi) is 8.51. The second kappa shape index (κ2) is 10.9. The average Bonchev–Trinajstić information content (AvgIpc) is 3.22. The summed E-state index contributed by atoms with van der Waals surface area (Å²) in [5, 5.41) is 11.0. The minimum atomic E-state index is -0.602. The Balaban J connectivity index is 0.00000261. The zero-order chi connectivity index (χ0) is 18.2. The van der Waals surface area contributed by atoms with Gasteiger partial charge in [0.15, 0.2) is 0 Å². The number of rotatable bonds is 7. The second-order valence-corrected chi connectivity index (χ2v) is 7.18.